The summed E-state index contributed by atoms with van der Waals surface area (Å²) in [5, 5.41) is 0. The molecule has 1 atom stereocenters. The molecule has 1 aromatic carbocycles. The Balaban J connectivity index is 2.77. The number of methoxy groups -OCH3 is 1. The maximum atomic E-state index is 5.73. The van der Waals surface area contributed by atoms with Crippen molar-refractivity contribution in [3.8, 4) is 5.75 Å². The molecule has 0 bridgehead atoms. The minimum Gasteiger partial charge on any atom is -0.496 e. The van der Waals surface area contributed by atoms with E-state index in [1.807, 2.05) is 13.0 Å². The number of rotatable bonds is 4. The van der Waals surface area contributed by atoms with E-state index in [1.165, 1.54) is 11.1 Å². The number of ether oxygens (including phenoxy) is 1. The first-order valence-electron chi connectivity index (χ1n) is 5.02. The fourth-order valence-corrected chi connectivity index (χ4v) is 1.49. The molecule has 78 valence electrons. The van der Waals surface area contributed by atoms with Crippen molar-refractivity contribution in [2.24, 2.45) is 5.73 Å². The zero-order valence-electron chi connectivity index (χ0n) is 9.21. The summed E-state index contributed by atoms with van der Waals surface area (Å²) < 4.78 is 5.29. The van der Waals surface area contributed by atoms with Gasteiger partial charge in [0.15, 0.2) is 0 Å². The summed E-state index contributed by atoms with van der Waals surface area (Å²) in [5.74, 6) is 0.969. The summed E-state index contributed by atoms with van der Waals surface area (Å²) in [5.41, 5.74) is 8.25. The summed E-state index contributed by atoms with van der Waals surface area (Å²) in [7, 11) is 1.71. The molecule has 0 spiro atoms. The normalized spacial score (nSPS) is 12.6. The van der Waals surface area contributed by atoms with Crippen LogP contribution in [-0.4, -0.2) is 13.2 Å². The number of hydrogen-bond donors (Lipinski definition) is 1. The largest absolute Gasteiger partial charge is 0.496 e. The Morgan fingerprint density at radius 2 is 2.14 bits per heavy atom. The third-order valence-corrected chi connectivity index (χ3v) is 2.30. The SMILES string of the molecule is COc1ccc(C)cc1CC[C@H](C)N. The maximum Gasteiger partial charge on any atom is 0.122 e. The molecule has 0 aliphatic heterocycles. The van der Waals surface area contributed by atoms with Gasteiger partial charge < -0.3 is 10.5 Å². The lowest BCUT2D eigenvalue weighted by molar-refractivity contribution is 0.408. The zero-order chi connectivity index (χ0) is 10.6. The van der Waals surface area contributed by atoms with Gasteiger partial charge in [0.2, 0.25) is 0 Å². The van der Waals surface area contributed by atoms with Crippen LogP contribution in [-0.2, 0) is 6.42 Å². The summed E-state index contributed by atoms with van der Waals surface area (Å²) in [6.07, 6.45) is 1.99. The molecule has 0 saturated heterocycles. The topological polar surface area (TPSA) is 35.2 Å². The number of aryl methyl sites for hydroxylation is 2. The van der Waals surface area contributed by atoms with Crippen LogP contribution in [0.15, 0.2) is 18.2 Å². The molecular formula is C12H19NO. The van der Waals surface area contributed by atoms with Crippen molar-refractivity contribution in [2.75, 3.05) is 7.11 Å². The number of hydrogen-bond acceptors (Lipinski definition) is 2. The molecule has 0 aromatic heterocycles. The van der Waals surface area contributed by atoms with Crippen LogP contribution in [0.2, 0.25) is 0 Å². The van der Waals surface area contributed by atoms with Gasteiger partial charge in [0.05, 0.1) is 7.11 Å². The molecule has 0 aliphatic carbocycles. The van der Waals surface area contributed by atoms with Gasteiger partial charge in [-0.1, -0.05) is 17.7 Å². The van der Waals surface area contributed by atoms with E-state index >= 15 is 0 Å². The predicted molar refractivity (Wildman–Crippen MR) is 59.7 cm³/mol. The molecule has 0 unspecified atom stereocenters. The summed E-state index contributed by atoms with van der Waals surface area (Å²) in [4.78, 5) is 0. The van der Waals surface area contributed by atoms with Crippen molar-refractivity contribution < 1.29 is 4.74 Å². The first-order valence-corrected chi connectivity index (χ1v) is 5.02. The van der Waals surface area contributed by atoms with E-state index < -0.39 is 0 Å². The Bertz CT molecular complexity index is 294. The fraction of sp³-hybridized carbons (Fsp3) is 0.500. The van der Waals surface area contributed by atoms with Crippen LogP contribution >= 0.6 is 0 Å². The molecule has 14 heavy (non-hydrogen) atoms. The van der Waals surface area contributed by atoms with Crippen LogP contribution in [0.1, 0.15) is 24.5 Å². The second-order valence-corrected chi connectivity index (χ2v) is 3.83. The van der Waals surface area contributed by atoms with Crippen LogP contribution < -0.4 is 10.5 Å². The van der Waals surface area contributed by atoms with E-state index in [4.69, 9.17) is 10.5 Å². The highest BCUT2D eigenvalue weighted by Crippen LogP contribution is 2.21. The highest BCUT2D eigenvalue weighted by molar-refractivity contribution is 5.36. The molecular weight excluding hydrogens is 174 g/mol. The minimum absolute atomic E-state index is 0.250. The molecule has 1 aromatic rings. The molecule has 0 amide bonds. The summed E-state index contributed by atoms with van der Waals surface area (Å²) in [6.45, 7) is 4.12. The van der Waals surface area contributed by atoms with Gasteiger partial charge in [0, 0.05) is 6.04 Å². The Morgan fingerprint density at radius 1 is 1.43 bits per heavy atom. The zero-order valence-corrected chi connectivity index (χ0v) is 9.21. The van der Waals surface area contributed by atoms with Crippen LogP contribution in [0.4, 0.5) is 0 Å². The van der Waals surface area contributed by atoms with Gasteiger partial charge in [0.1, 0.15) is 5.75 Å². The Morgan fingerprint density at radius 3 is 2.71 bits per heavy atom. The number of benzene rings is 1. The van der Waals surface area contributed by atoms with Crippen molar-refractivity contribution in [3.05, 3.63) is 29.3 Å². The standard InChI is InChI=1S/C12H19NO/c1-9-4-7-12(14-3)11(8-9)6-5-10(2)13/h4,7-8,10H,5-6,13H2,1-3H3/t10-/m0/s1. The summed E-state index contributed by atoms with van der Waals surface area (Å²) >= 11 is 0. The van der Waals surface area contributed by atoms with E-state index in [-0.39, 0.29) is 6.04 Å². The molecule has 2 N–H and O–H groups in total. The van der Waals surface area contributed by atoms with E-state index in [0.717, 1.165) is 18.6 Å². The lowest BCUT2D eigenvalue weighted by Gasteiger charge is -2.10. The van der Waals surface area contributed by atoms with Crippen LogP contribution in [0.3, 0.4) is 0 Å². The van der Waals surface area contributed by atoms with E-state index in [9.17, 15) is 0 Å². The first kappa shape index (κ1) is 11.1. The van der Waals surface area contributed by atoms with Gasteiger partial charge in [-0.2, -0.15) is 0 Å². The van der Waals surface area contributed by atoms with Gasteiger partial charge in [-0.05, 0) is 38.3 Å². The number of nitrogens with two attached hydrogens (primary N) is 1. The van der Waals surface area contributed by atoms with Gasteiger partial charge in [-0.3, -0.25) is 0 Å². The lowest BCUT2D eigenvalue weighted by Crippen LogP contribution is -2.15. The highest BCUT2D eigenvalue weighted by Gasteiger charge is 2.04. The average Bonchev–Trinajstić information content (AvgIpc) is 2.15. The molecule has 0 heterocycles. The lowest BCUT2D eigenvalue weighted by atomic mass is 10.0. The molecule has 0 radical (unpaired) electrons. The van der Waals surface area contributed by atoms with Crippen LogP contribution in [0.25, 0.3) is 0 Å². The van der Waals surface area contributed by atoms with Crippen molar-refractivity contribution in [2.45, 2.75) is 32.7 Å². The Kier molecular flexibility index (Phi) is 3.96. The Hall–Kier alpha value is -1.02. The van der Waals surface area contributed by atoms with Gasteiger partial charge in [0.25, 0.3) is 0 Å². The maximum absolute atomic E-state index is 5.73. The highest BCUT2D eigenvalue weighted by atomic mass is 16.5. The average molecular weight is 193 g/mol. The fourth-order valence-electron chi connectivity index (χ4n) is 1.49. The monoisotopic (exact) mass is 193 g/mol. The van der Waals surface area contributed by atoms with Crippen molar-refractivity contribution >= 4 is 0 Å². The van der Waals surface area contributed by atoms with Crippen molar-refractivity contribution in [1.29, 1.82) is 0 Å². The summed E-state index contributed by atoms with van der Waals surface area (Å²) in [6, 6.07) is 6.50. The molecule has 0 fully saturated rings. The molecule has 2 nitrogen and oxygen atoms in total. The second kappa shape index (κ2) is 5.01. The smallest absolute Gasteiger partial charge is 0.122 e. The van der Waals surface area contributed by atoms with Gasteiger partial charge >= 0.3 is 0 Å². The molecule has 1 rings (SSSR count). The quantitative estimate of drug-likeness (QED) is 0.796. The minimum atomic E-state index is 0.250. The van der Waals surface area contributed by atoms with E-state index in [0.29, 0.717) is 0 Å². The van der Waals surface area contributed by atoms with E-state index in [2.05, 4.69) is 19.1 Å². The predicted octanol–water partition coefficient (Wildman–Crippen LogP) is 2.28. The first-order chi connectivity index (χ1) is 6.63. The van der Waals surface area contributed by atoms with Crippen molar-refractivity contribution in [3.63, 3.8) is 0 Å². The molecule has 0 aliphatic rings. The third-order valence-electron chi connectivity index (χ3n) is 2.30. The third kappa shape index (κ3) is 3.04. The van der Waals surface area contributed by atoms with Crippen LogP contribution in [0.5, 0.6) is 5.75 Å². The Labute approximate surface area is 86.1 Å². The second-order valence-electron chi connectivity index (χ2n) is 3.83. The van der Waals surface area contributed by atoms with Crippen molar-refractivity contribution in [1.82, 2.24) is 0 Å². The van der Waals surface area contributed by atoms with Gasteiger partial charge in [-0.15, -0.1) is 0 Å². The molecule has 0 saturated carbocycles. The molecule has 2 heteroatoms. The van der Waals surface area contributed by atoms with Crippen LogP contribution in [0, 0.1) is 6.92 Å². The van der Waals surface area contributed by atoms with Gasteiger partial charge in [-0.25, -0.2) is 0 Å². The van der Waals surface area contributed by atoms with E-state index in [1.54, 1.807) is 7.11 Å².